The van der Waals surface area contributed by atoms with Crippen LogP contribution in [0.3, 0.4) is 0 Å². The fraction of sp³-hybridized carbons (Fsp3) is 0.469. The maximum atomic E-state index is 12.4. The monoisotopic (exact) mass is 514 g/mol. The summed E-state index contributed by atoms with van der Waals surface area (Å²) in [6, 6.07) is 10.3. The van der Waals surface area contributed by atoms with E-state index in [0.717, 1.165) is 41.7 Å². The summed E-state index contributed by atoms with van der Waals surface area (Å²) in [6.45, 7) is 7.28. The molecule has 0 N–H and O–H groups in total. The van der Waals surface area contributed by atoms with Crippen molar-refractivity contribution < 1.29 is 19.1 Å². The summed E-state index contributed by atoms with van der Waals surface area (Å²) in [4.78, 5) is 26.8. The molecule has 0 radical (unpaired) electrons. The van der Waals surface area contributed by atoms with Crippen molar-refractivity contribution in [2.24, 2.45) is 23.2 Å². The molecule has 0 aromatic heterocycles. The van der Waals surface area contributed by atoms with Crippen molar-refractivity contribution in [3.63, 3.8) is 0 Å². The van der Waals surface area contributed by atoms with E-state index >= 15 is 0 Å². The predicted molar refractivity (Wildman–Crippen MR) is 149 cm³/mol. The number of likely N-dealkylation sites (N-methyl/N-ethyl adjacent to an activating group) is 1. The van der Waals surface area contributed by atoms with Crippen molar-refractivity contribution in [3.8, 4) is 6.07 Å². The van der Waals surface area contributed by atoms with E-state index < -0.39 is 5.97 Å². The number of hydrogen-bond acceptors (Lipinski definition) is 6. The van der Waals surface area contributed by atoms with Crippen molar-refractivity contribution in [1.82, 2.24) is 0 Å². The van der Waals surface area contributed by atoms with Crippen molar-refractivity contribution in [2.75, 3.05) is 31.7 Å². The Morgan fingerprint density at radius 1 is 1.11 bits per heavy atom. The first kappa shape index (κ1) is 27.4. The molecule has 0 aliphatic heterocycles. The Balaban J connectivity index is 1.34. The first-order chi connectivity index (χ1) is 18.2. The molecular formula is C32H38N2O4. The molecule has 1 fully saturated rings. The SMILES string of the molecule is CCOC(=O)/C(C#N)=C1C=C(/C=C/c2ccc(N(C)CCOC(=O)C3CC4C=CC3C4)cc2)CC(C)(C)C/1. The molecule has 200 valence electrons. The summed E-state index contributed by atoms with van der Waals surface area (Å²) >= 11 is 0. The summed E-state index contributed by atoms with van der Waals surface area (Å²) in [5.74, 6) is 0.355. The van der Waals surface area contributed by atoms with Gasteiger partial charge >= 0.3 is 11.9 Å². The van der Waals surface area contributed by atoms with E-state index in [2.05, 4.69) is 67.3 Å². The van der Waals surface area contributed by atoms with Gasteiger partial charge < -0.3 is 14.4 Å². The van der Waals surface area contributed by atoms with Crippen LogP contribution in [0.5, 0.6) is 0 Å². The minimum Gasteiger partial charge on any atom is -0.464 e. The highest BCUT2D eigenvalue weighted by Crippen LogP contribution is 2.44. The van der Waals surface area contributed by atoms with E-state index in [9.17, 15) is 14.9 Å². The number of hydrogen-bond donors (Lipinski definition) is 0. The fourth-order valence-electron chi connectivity index (χ4n) is 5.79. The lowest BCUT2D eigenvalue weighted by atomic mass is 9.74. The van der Waals surface area contributed by atoms with Crippen molar-refractivity contribution >= 4 is 23.7 Å². The van der Waals surface area contributed by atoms with Gasteiger partial charge in [-0.15, -0.1) is 0 Å². The van der Waals surface area contributed by atoms with Gasteiger partial charge in [-0.1, -0.05) is 56.4 Å². The van der Waals surface area contributed by atoms with Crippen LogP contribution in [0.25, 0.3) is 6.08 Å². The number of nitrogens with zero attached hydrogens (tertiary/aromatic N) is 2. The van der Waals surface area contributed by atoms with Gasteiger partial charge in [0.15, 0.2) is 0 Å². The number of carbonyl (C=O) groups is 2. The fourth-order valence-corrected chi connectivity index (χ4v) is 5.79. The maximum Gasteiger partial charge on any atom is 0.349 e. The Kier molecular flexibility index (Phi) is 8.56. The Bertz CT molecular complexity index is 1210. The third-order valence-corrected chi connectivity index (χ3v) is 7.70. The van der Waals surface area contributed by atoms with Crippen LogP contribution in [0.2, 0.25) is 0 Å². The summed E-state index contributed by atoms with van der Waals surface area (Å²) in [5.41, 5.74) is 3.94. The molecule has 3 atom stereocenters. The topological polar surface area (TPSA) is 79.6 Å². The van der Waals surface area contributed by atoms with Crippen LogP contribution in [-0.2, 0) is 19.1 Å². The molecule has 0 heterocycles. The van der Waals surface area contributed by atoms with Crippen LogP contribution < -0.4 is 4.90 Å². The zero-order valence-corrected chi connectivity index (χ0v) is 22.9. The van der Waals surface area contributed by atoms with Gasteiger partial charge in [-0.25, -0.2) is 4.79 Å². The smallest absolute Gasteiger partial charge is 0.349 e. The second-order valence-electron chi connectivity index (χ2n) is 11.4. The average molecular weight is 515 g/mol. The summed E-state index contributed by atoms with van der Waals surface area (Å²) in [7, 11) is 2.00. The first-order valence-electron chi connectivity index (χ1n) is 13.5. The number of rotatable bonds is 9. The van der Waals surface area contributed by atoms with E-state index in [1.165, 1.54) is 0 Å². The van der Waals surface area contributed by atoms with Gasteiger partial charge in [-0.05, 0) is 78.7 Å². The Morgan fingerprint density at radius 3 is 2.50 bits per heavy atom. The van der Waals surface area contributed by atoms with Crippen LogP contribution in [-0.4, -0.2) is 38.7 Å². The van der Waals surface area contributed by atoms with Gasteiger partial charge in [0.25, 0.3) is 0 Å². The number of anilines is 1. The van der Waals surface area contributed by atoms with Crippen LogP contribution in [0.1, 0.15) is 52.0 Å². The van der Waals surface area contributed by atoms with Crippen LogP contribution in [0, 0.1) is 34.5 Å². The van der Waals surface area contributed by atoms with Crippen LogP contribution >= 0.6 is 0 Å². The van der Waals surface area contributed by atoms with Gasteiger partial charge in [-0.2, -0.15) is 5.26 Å². The summed E-state index contributed by atoms with van der Waals surface area (Å²) < 4.78 is 10.7. The number of carbonyl (C=O) groups excluding carboxylic acids is 2. The lowest BCUT2D eigenvalue weighted by Crippen LogP contribution is -2.27. The predicted octanol–water partition coefficient (Wildman–Crippen LogP) is 6.02. The quantitative estimate of drug-likeness (QED) is 0.173. The molecule has 38 heavy (non-hydrogen) atoms. The van der Waals surface area contributed by atoms with Gasteiger partial charge in [0.2, 0.25) is 0 Å². The molecule has 0 saturated heterocycles. The third kappa shape index (κ3) is 6.64. The molecule has 4 rings (SSSR count). The van der Waals surface area contributed by atoms with E-state index in [-0.39, 0.29) is 29.5 Å². The van der Waals surface area contributed by atoms with Gasteiger partial charge in [0.05, 0.1) is 19.1 Å². The molecule has 3 aliphatic rings. The van der Waals surface area contributed by atoms with Gasteiger partial charge in [0, 0.05) is 12.7 Å². The van der Waals surface area contributed by atoms with Gasteiger partial charge in [-0.3, -0.25) is 4.79 Å². The Hall–Kier alpha value is -3.59. The number of fused-ring (bicyclic) bond motifs is 2. The Morgan fingerprint density at radius 2 is 1.87 bits per heavy atom. The number of nitriles is 1. The van der Waals surface area contributed by atoms with E-state index in [4.69, 9.17) is 9.47 Å². The molecule has 6 nitrogen and oxygen atoms in total. The number of allylic oxidation sites excluding steroid dienone is 6. The first-order valence-corrected chi connectivity index (χ1v) is 13.5. The molecule has 1 aromatic rings. The highest BCUT2D eigenvalue weighted by atomic mass is 16.5. The van der Waals surface area contributed by atoms with E-state index in [0.29, 0.717) is 31.4 Å². The molecule has 1 aromatic carbocycles. The zero-order chi connectivity index (χ0) is 27.3. The molecule has 3 aliphatic carbocycles. The molecule has 3 unspecified atom stereocenters. The second kappa shape index (κ2) is 11.9. The lowest BCUT2D eigenvalue weighted by Gasteiger charge is -2.30. The maximum absolute atomic E-state index is 12.4. The number of ether oxygens (including phenoxy) is 2. The van der Waals surface area contributed by atoms with Crippen molar-refractivity contribution in [1.29, 1.82) is 5.26 Å². The highest BCUT2D eigenvalue weighted by Gasteiger charge is 2.40. The minimum absolute atomic E-state index is 0.0365. The molecular weight excluding hydrogens is 476 g/mol. The van der Waals surface area contributed by atoms with Gasteiger partial charge in [0.1, 0.15) is 18.2 Å². The summed E-state index contributed by atoms with van der Waals surface area (Å²) in [5, 5.41) is 9.58. The minimum atomic E-state index is -0.556. The second-order valence-corrected chi connectivity index (χ2v) is 11.4. The average Bonchev–Trinajstić information content (AvgIpc) is 3.51. The molecule has 6 heteroatoms. The van der Waals surface area contributed by atoms with Crippen molar-refractivity contribution in [3.05, 3.63) is 70.9 Å². The zero-order valence-electron chi connectivity index (χ0n) is 22.9. The molecule has 0 spiro atoms. The Labute approximate surface area is 226 Å². The summed E-state index contributed by atoms with van der Waals surface area (Å²) in [6.07, 6.45) is 14.0. The van der Waals surface area contributed by atoms with Crippen molar-refractivity contribution in [2.45, 2.75) is 46.5 Å². The largest absolute Gasteiger partial charge is 0.464 e. The standard InChI is InChI=1S/C32H38N2O4/c1-5-37-31(36)29(21-33)26-17-24(19-32(2,3)20-26)7-6-22-9-12-27(13-10-22)34(4)14-15-38-30(35)28-18-23-8-11-25(28)16-23/h6-13,17,23,25,28H,5,14-16,18-20H2,1-4H3/b7-6+,29-26-. The van der Waals surface area contributed by atoms with E-state index in [1.54, 1.807) is 6.92 Å². The third-order valence-electron chi connectivity index (χ3n) is 7.70. The molecule has 0 amide bonds. The molecule has 1 saturated carbocycles. The lowest BCUT2D eigenvalue weighted by molar-refractivity contribution is -0.149. The van der Waals surface area contributed by atoms with E-state index in [1.807, 2.05) is 19.2 Å². The molecule has 2 bridgehead atoms. The number of benzene rings is 1. The number of esters is 2. The highest BCUT2D eigenvalue weighted by molar-refractivity contribution is 5.94. The van der Waals surface area contributed by atoms with Crippen LogP contribution in [0.15, 0.2) is 65.3 Å². The van der Waals surface area contributed by atoms with Crippen LogP contribution in [0.4, 0.5) is 5.69 Å². The normalized spacial score (nSPS) is 24.6.